The van der Waals surface area contributed by atoms with Gasteiger partial charge < -0.3 is 10.0 Å². The molecule has 2 aliphatic rings. The number of ketones is 1. The van der Waals surface area contributed by atoms with Gasteiger partial charge in [-0.2, -0.15) is 0 Å². The van der Waals surface area contributed by atoms with Gasteiger partial charge in [0.05, 0.1) is 12.0 Å². The molecule has 1 N–H and O–H groups in total. The molecule has 16 heavy (non-hydrogen) atoms. The molecular weight excluding hydrogens is 206 g/mol. The van der Waals surface area contributed by atoms with Crippen molar-refractivity contribution in [1.82, 2.24) is 4.90 Å². The summed E-state index contributed by atoms with van der Waals surface area (Å²) in [7, 11) is 0. The number of β-lactam (4-membered cyclic amide) rings is 1. The molecule has 0 bridgehead atoms. The number of likely N-dealkylation sites (tertiary alicyclic amines) is 1. The number of hydrogen-bond acceptors (Lipinski definition) is 3. The van der Waals surface area contributed by atoms with E-state index in [2.05, 4.69) is 0 Å². The Bertz CT molecular complexity index is 307. The van der Waals surface area contributed by atoms with E-state index in [0.29, 0.717) is 6.54 Å². The van der Waals surface area contributed by atoms with Crippen molar-refractivity contribution in [3.63, 3.8) is 0 Å². The highest BCUT2D eigenvalue weighted by atomic mass is 16.3. The molecule has 90 valence electrons. The van der Waals surface area contributed by atoms with Crippen LogP contribution in [0.15, 0.2) is 0 Å². The van der Waals surface area contributed by atoms with Crippen LogP contribution in [0.1, 0.15) is 39.0 Å². The fourth-order valence-corrected chi connectivity index (χ4v) is 2.98. The molecule has 1 atom stereocenters. The first-order valence-electron chi connectivity index (χ1n) is 6.03. The second kappa shape index (κ2) is 4.17. The van der Waals surface area contributed by atoms with Crippen molar-refractivity contribution in [3.8, 4) is 0 Å². The zero-order valence-corrected chi connectivity index (χ0v) is 9.74. The topological polar surface area (TPSA) is 57.6 Å². The SMILES string of the molecule is CC(=O)C(CO)N1CC2(CCCCC2)C1=O. The predicted octanol–water partition coefficient (Wildman–Crippen LogP) is 0.729. The van der Waals surface area contributed by atoms with Crippen LogP contribution in [-0.2, 0) is 9.59 Å². The van der Waals surface area contributed by atoms with Crippen LogP contribution in [0.25, 0.3) is 0 Å². The number of aliphatic hydroxyl groups excluding tert-OH is 1. The number of amides is 1. The van der Waals surface area contributed by atoms with Crippen LogP contribution >= 0.6 is 0 Å². The van der Waals surface area contributed by atoms with E-state index in [1.165, 1.54) is 13.3 Å². The number of Topliss-reactive ketones (excluding diaryl/α,β-unsaturated/α-hetero) is 1. The van der Waals surface area contributed by atoms with Gasteiger partial charge in [-0.3, -0.25) is 9.59 Å². The minimum atomic E-state index is -0.611. The van der Waals surface area contributed by atoms with Crippen molar-refractivity contribution < 1.29 is 14.7 Å². The van der Waals surface area contributed by atoms with Gasteiger partial charge in [-0.05, 0) is 19.8 Å². The first-order valence-corrected chi connectivity index (χ1v) is 6.03. The molecule has 4 heteroatoms. The maximum atomic E-state index is 12.1. The molecule has 0 aromatic rings. The molecule has 1 heterocycles. The lowest BCUT2D eigenvalue weighted by molar-refractivity contribution is -0.171. The zero-order valence-electron chi connectivity index (χ0n) is 9.74. The Kier molecular flexibility index (Phi) is 3.02. The van der Waals surface area contributed by atoms with E-state index in [-0.39, 0.29) is 23.7 Å². The van der Waals surface area contributed by atoms with Gasteiger partial charge in [-0.1, -0.05) is 19.3 Å². The van der Waals surface area contributed by atoms with Crippen molar-refractivity contribution in [1.29, 1.82) is 0 Å². The quantitative estimate of drug-likeness (QED) is 0.720. The summed E-state index contributed by atoms with van der Waals surface area (Å²) in [6, 6.07) is -0.611. The van der Waals surface area contributed by atoms with Gasteiger partial charge in [-0.15, -0.1) is 0 Å². The summed E-state index contributed by atoms with van der Waals surface area (Å²) in [5.74, 6) is -0.0389. The Morgan fingerprint density at radius 2 is 2.06 bits per heavy atom. The van der Waals surface area contributed by atoms with E-state index in [4.69, 9.17) is 5.11 Å². The Hall–Kier alpha value is -0.900. The zero-order chi connectivity index (χ0) is 11.8. The minimum absolute atomic E-state index is 0.0847. The first-order chi connectivity index (χ1) is 7.60. The van der Waals surface area contributed by atoms with Crippen molar-refractivity contribution in [2.75, 3.05) is 13.2 Å². The summed E-state index contributed by atoms with van der Waals surface area (Å²) in [5.41, 5.74) is -0.179. The summed E-state index contributed by atoms with van der Waals surface area (Å²) >= 11 is 0. The fraction of sp³-hybridized carbons (Fsp3) is 0.833. The molecule has 0 aromatic heterocycles. The average Bonchev–Trinajstić information content (AvgIpc) is 2.29. The molecule has 1 saturated carbocycles. The third kappa shape index (κ3) is 1.65. The normalized spacial score (nSPS) is 25.4. The highest BCUT2D eigenvalue weighted by Gasteiger charge is 2.54. The van der Waals surface area contributed by atoms with Gasteiger partial charge in [0, 0.05) is 6.54 Å². The van der Waals surface area contributed by atoms with Gasteiger partial charge in [0.2, 0.25) is 5.91 Å². The van der Waals surface area contributed by atoms with Gasteiger partial charge in [0.25, 0.3) is 0 Å². The monoisotopic (exact) mass is 225 g/mol. The van der Waals surface area contributed by atoms with E-state index in [1.807, 2.05) is 0 Å². The maximum absolute atomic E-state index is 12.1. The molecule has 1 aliphatic heterocycles. The lowest BCUT2D eigenvalue weighted by Gasteiger charge is -2.53. The highest BCUT2D eigenvalue weighted by molar-refractivity contribution is 5.94. The summed E-state index contributed by atoms with van der Waals surface area (Å²) in [6.45, 7) is 1.84. The largest absolute Gasteiger partial charge is 0.394 e. The molecule has 1 unspecified atom stereocenters. The van der Waals surface area contributed by atoms with E-state index in [1.54, 1.807) is 4.90 Å². The Morgan fingerprint density at radius 3 is 2.50 bits per heavy atom. The summed E-state index contributed by atoms with van der Waals surface area (Å²) in [6.07, 6.45) is 5.36. The van der Waals surface area contributed by atoms with Crippen molar-refractivity contribution in [2.45, 2.75) is 45.1 Å². The number of carbonyl (C=O) groups excluding carboxylic acids is 2. The highest BCUT2D eigenvalue weighted by Crippen LogP contribution is 2.45. The molecule has 1 spiro atoms. The van der Waals surface area contributed by atoms with E-state index in [0.717, 1.165) is 25.7 Å². The Morgan fingerprint density at radius 1 is 1.44 bits per heavy atom. The number of aliphatic hydroxyl groups is 1. The molecule has 0 radical (unpaired) electrons. The van der Waals surface area contributed by atoms with Gasteiger partial charge >= 0.3 is 0 Å². The number of carbonyl (C=O) groups is 2. The lowest BCUT2D eigenvalue weighted by Crippen LogP contribution is -2.67. The number of rotatable bonds is 3. The lowest BCUT2D eigenvalue weighted by atomic mass is 9.67. The molecular formula is C12H19NO3. The molecule has 2 fully saturated rings. The molecule has 1 amide bonds. The molecule has 4 nitrogen and oxygen atoms in total. The third-order valence-electron chi connectivity index (χ3n) is 4.02. The molecule has 1 aliphatic carbocycles. The van der Waals surface area contributed by atoms with Crippen LogP contribution in [0.5, 0.6) is 0 Å². The summed E-state index contributed by atoms with van der Waals surface area (Å²) in [5, 5.41) is 9.12. The van der Waals surface area contributed by atoms with Crippen LogP contribution in [0.2, 0.25) is 0 Å². The number of hydrogen-bond donors (Lipinski definition) is 1. The standard InChI is InChI=1S/C12H19NO3/c1-9(15)10(7-14)13-8-12(11(13)16)5-3-2-4-6-12/h10,14H,2-8H2,1H3. The second-order valence-electron chi connectivity index (χ2n) is 5.08. The smallest absolute Gasteiger partial charge is 0.231 e. The molecule has 0 aromatic carbocycles. The van der Waals surface area contributed by atoms with Crippen molar-refractivity contribution in [2.24, 2.45) is 5.41 Å². The third-order valence-corrected chi connectivity index (χ3v) is 4.02. The first kappa shape index (κ1) is 11.6. The van der Waals surface area contributed by atoms with Crippen LogP contribution in [-0.4, -0.2) is 40.9 Å². The summed E-state index contributed by atoms with van der Waals surface area (Å²) < 4.78 is 0. The van der Waals surface area contributed by atoms with Gasteiger partial charge in [0.15, 0.2) is 5.78 Å². The van der Waals surface area contributed by atoms with Crippen LogP contribution in [0.4, 0.5) is 0 Å². The maximum Gasteiger partial charge on any atom is 0.231 e. The molecule has 2 rings (SSSR count). The Balaban J connectivity index is 2.03. The van der Waals surface area contributed by atoms with Crippen LogP contribution in [0, 0.1) is 5.41 Å². The average molecular weight is 225 g/mol. The van der Waals surface area contributed by atoms with E-state index in [9.17, 15) is 9.59 Å². The second-order valence-corrected chi connectivity index (χ2v) is 5.08. The molecule has 1 saturated heterocycles. The van der Waals surface area contributed by atoms with Gasteiger partial charge in [0.1, 0.15) is 6.04 Å². The van der Waals surface area contributed by atoms with E-state index < -0.39 is 6.04 Å². The predicted molar refractivity (Wildman–Crippen MR) is 58.8 cm³/mol. The number of nitrogens with zero attached hydrogens (tertiary/aromatic N) is 1. The van der Waals surface area contributed by atoms with Gasteiger partial charge in [-0.25, -0.2) is 0 Å². The minimum Gasteiger partial charge on any atom is -0.394 e. The van der Waals surface area contributed by atoms with Crippen molar-refractivity contribution >= 4 is 11.7 Å². The van der Waals surface area contributed by atoms with Crippen molar-refractivity contribution in [3.05, 3.63) is 0 Å². The van der Waals surface area contributed by atoms with E-state index >= 15 is 0 Å². The fourth-order valence-electron chi connectivity index (χ4n) is 2.98. The Labute approximate surface area is 95.6 Å². The van der Waals surface area contributed by atoms with Crippen LogP contribution in [0.3, 0.4) is 0 Å². The van der Waals surface area contributed by atoms with Crippen LogP contribution < -0.4 is 0 Å². The summed E-state index contributed by atoms with van der Waals surface area (Å²) in [4.78, 5) is 24.9.